The molecular weight excluding hydrogens is 336 g/mol. The van der Waals surface area contributed by atoms with Gasteiger partial charge in [0.2, 0.25) is 0 Å². The zero-order chi connectivity index (χ0) is 18.6. The Labute approximate surface area is 153 Å². The molecular formula is C18H26N4O4. The monoisotopic (exact) mass is 362 g/mol. The molecule has 0 radical (unpaired) electrons. The molecule has 0 aromatic heterocycles. The van der Waals surface area contributed by atoms with E-state index in [9.17, 15) is 9.59 Å². The average Bonchev–Trinajstić information content (AvgIpc) is 2.67. The second-order valence-corrected chi connectivity index (χ2v) is 5.76. The largest absolute Gasteiger partial charge is 0.494 e. The van der Waals surface area contributed by atoms with Crippen LogP contribution in [-0.2, 0) is 14.3 Å². The zero-order valence-electron chi connectivity index (χ0n) is 15.1. The van der Waals surface area contributed by atoms with Gasteiger partial charge in [-0.3, -0.25) is 14.5 Å². The first-order chi connectivity index (χ1) is 12.7. The van der Waals surface area contributed by atoms with Crippen molar-refractivity contribution in [2.75, 3.05) is 46.0 Å². The molecule has 0 spiro atoms. The summed E-state index contributed by atoms with van der Waals surface area (Å²) in [6.07, 6.45) is 2.26. The number of nitrogens with zero attached hydrogens (tertiary/aromatic N) is 2. The quantitative estimate of drug-likeness (QED) is 0.302. The normalized spacial score (nSPS) is 15.0. The predicted octanol–water partition coefficient (Wildman–Crippen LogP) is 0.374. The van der Waals surface area contributed by atoms with E-state index >= 15 is 0 Å². The van der Waals surface area contributed by atoms with E-state index in [2.05, 4.69) is 20.7 Å². The van der Waals surface area contributed by atoms with Crippen LogP contribution in [0.4, 0.5) is 0 Å². The summed E-state index contributed by atoms with van der Waals surface area (Å²) in [6.45, 7) is 7.17. The number of hydrogen-bond donors (Lipinski definition) is 2. The molecule has 1 fully saturated rings. The molecule has 1 aliphatic rings. The van der Waals surface area contributed by atoms with Crippen molar-refractivity contribution in [1.82, 2.24) is 15.6 Å². The fraction of sp³-hybridized carbons (Fsp3) is 0.500. The summed E-state index contributed by atoms with van der Waals surface area (Å²) in [7, 11) is 0. The predicted molar refractivity (Wildman–Crippen MR) is 98.2 cm³/mol. The number of carbonyl (C=O) groups is 2. The molecule has 2 N–H and O–H groups in total. The van der Waals surface area contributed by atoms with Crippen molar-refractivity contribution in [2.24, 2.45) is 5.10 Å². The Balaban J connectivity index is 1.62. The Hall–Kier alpha value is -2.45. The van der Waals surface area contributed by atoms with Gasteiger partial charge in [0, 0.05) is 19.6 Å². The van der Waals surface area contributed by atoms with Gasteiger partial charge >= 0.3 is 11.8 Å². The Kier molecular flexibility index (Phi) is 8.57. The summed E-state index contributed by atoms with van der Waals surface area (Å²) in [4.78, 5) is 25.7. The van der Waals surface area contributed by atoms with Crippen molar-refractivity contribution in [3.05, 3.63) is 29.8 Å². The van der Waals surface area contributed by atoms with Gasteiger partial charge in [-0.2, -0.15) is 5.10 Å². The molecule has 1 aromatic rings. The number of carbonyl (C=O) groups excluding carboxylic acids is 2. The number of hydrogen-bond acceptors (Lipinski definition) is 6. The Morgan fingerprint density at radius 3 is 2.65 bits per heavy atom. The van der Waals surface area contributed by atoms with Crippen LogP contribution >= 0.6 is 0 Å². The van der Waals surface area contributed by atoms with Crippen molar-refractivity contribution < 1.29 is 19.1 Å². The van der Waals surface area contributed by atoms with Gasteiger partial charge in [0.25, 0.3) is 0 Å². The first-order valence-electron chi connectivity index (χ1n) is 8.83. The highest BCUT2D eigenvalue weighted by Crippen LogP contribution is 2.10. The van der Waals surface area contributed by atoms with Gasteiger partial charge in [0.15, 0.2) is 0 Å². The maximum absolute atomic E-state index is 11.7. The van der Waals surface area contributed by atoms with E-state index < -0.39 is 11.8 Å². The minimum atomic E-state index is -0.779. The number of ether oxygens (including phenoxy) is 2. The lowest BCUT2D eigenvalue weighted by Gasteiger charge is -2.26. The van der Waals surface area contributed by atoms with Gasteiger partial charge in [-0.25, -0.2) is 5.43 Å². The van der Waals surface area contributed by atoms with Crippen LogP contribution in [0.5, 0.6) is 5.75 Å². The molecule has 2 rings (SSSR count). The summed E-state index contributed by atoms with van der Waals surface area (Å²) >= 11 is 0. The topological polar surface area (TPSA) is 92.3 Å². The Bertz CT molecular complexity index is 598. The second kappa shape index (κ2) is 11.2. The fourth-order valence-corrected chi connectivity index (χ4v) is 2.44. The third-order valence-electron chi connectivity index (χ3n) is 3.82. The standard InChI is InChI=1S/C18H26N4O4/c1-2-26-16-6-4-15(5-7-16)14-20-21-18(24)17(23)19-8-3-9-22-10-12-25-13-11-22/h4-7,14H,2-3,8-13H2,1H3,(H,19,23)(H,21,24). The molecule has 0 aliphatic carbocycles. The number of amides is 2. The van der Waals surface area contributed by atoms with Crippen molar-refractivity contribution in [3.63, 3.8) is 0 Å². The van der Waals surface area contributed by atoms with Crippen LogP contribution in [0.25, 0.3) is 0 Å². The third kappa shape index (κ3) is 7.20. The molecule has 1 aromatic carbocycles. The van der Waals surface area contributed by atoms with E-state index in [-0.39, 0.29) is 0 Å². The minimum Gasteiger partial charge on any atom is -0.494 e. The Morgan fingerprint density at radius 2 is 1.96 bits per heavy atom. The smallest absolute Gasteiger partial charge is 0.329 e. The van der Waals surface area contributed by atoms with Crippen molar-refractivity contribution >= 4 is 18.0 Å². The molecule has 26 heavy (non-hydrogen) atoms. The van der Waals surface area contributed by atoms with Gasteiger partial charge in [0.05, 0.1) is 26.0 Å². The molecule has 8 heteroatoms. The lowest BCUT2D eigenvalue weighted by Crippen LogP contribution is -2.40. The lowest BCUT2D eigenvalue weighted by molar-refractivity contribution is -0.139. The average molecular weight is 362 g/mol. The van der Waals surface area contributed by atoms with E-state index in [1.54, 1.807) is 0 Å². The van der Waals surface area contributed by atoms with Crippen molar-refractivity contribution in [1.29, 1.82) is 0 Å². The summed E-state index contributed by atoms with van der Waals surface area (Å²) in [5.41, 5.74) is 3.01. The maximum atomic E-state index is 11.7. The van der Waals surface area contributed by atoms with Gasteiger partial charge in [-0.1, -0.05) is 0 Å². The molecule has 0 unspecified atom stereocenters. The number of hydrazone groups is 1. The molecule has 1 saturated heterocycles. The van der Waals surface area contributed by atoms with Crippen LogP contribution < -0.4 is 15.5 Å². The van der Waals surface area contributed by atoms with Crippen LogP contribution in [0.15, 0.2) is 29.4 Å². The van der Waals surface area contributed by atoms with Crippen LogP contribution in [0.2, 0.25) is 0 Å². The van der Waals surface area contributed by atoms with E-state index in [0.717, 1.165) is 50.6 Å². The maximum Gasteiger partial charge on any atom is 0.329 e. The number of benzene rings is 1. The van der Waals surface area contributed by atoms with Gasteiger partial charge in [-0.05, 0) is 49.7 Å². The van der Waals surface area contributed by atoms with E-state index in [1.807, 2.05) is 31.2 Å². The summed E-state index contributed by atoms with van der Waals surface area (Å²) in [6, 6.07) is 7.25. The Morgan fingerprint density at radius 1 is 1.23 bits per heavy atom. The van der Waals surface area contributed by atoms with Gasteiger partial charge in [0.1, 0.15) is 5.75 Å². The fourth-order valence-electron chi connectivity index (χ4n) is 2.44. The molecule has 1 aliphatic heterocycles. The molecule has 2 amide bonds. The van der Waals surface area contributed by atoms with Gasteiger partial charge in [-0.15, -0.1) is 0 Å². The van der Waals surface area contributed by atoms with E-state index in [4.69, 9.17) is 9.47 Å². The number of nitrogens with one attached hydrogen (secondary N) is 2. The molecule has 8 nitrogen and oxygen atoms in total. The summed E-state index contributed by atoms with van der Waals surface area (Å²) < 4.78 is 10.6. The number of morpholine rings is 1. The van der Waals surface area contributed by atoms with E-state index in [0.29, 0.717) is 13.2 Å². The summed E-state index contributed by atoms with van der Waals surface area (Å²) in [5.74, 6) is -0.695. The first-order valence-corrected chi connectivity index (χ1v) is 8.83. The van der Waals surface area contributed by atoms with Crippen LogP contribution in [0, 0.1) is 0 Å². The highest BCUT2D eigenvalue weighted by atomic mass is 16.5. The lowest BCUT2D eigenvalue weighted by atomic mass is 10.2. The second-order valence-electron chi connectivity index (χ2n) is 5.76. The minimum absolute atomic E-state index is 0.451. The zero-order valence-corrected chi connectivity index (χ0v) is 15.1. The molecule has 1 heterocycles. The molecule has 0 atom stereocenters. The van der Waals surface area contributed by atoms with Crippen LogP contribution in [0.1, 0.15) is 18.9 Å². The highest BCUT2D eigenvalue weighted by Gasteiger charge is 2.13. The summed E-state index contributed by atoms with van der Waals surface area (Å²) in [5, 5.41) is 6.38. The first kappa shape index (κ1) is 19.9. The van der Waals surface area contributed by atoms with Crippen molar-refractivity contribution in [3.8, 4) is 5.75 Å². The molecule has 0 bridgehead atoms. The molecule has 142 valence electrons. The molecule has 0 saturated carbocycles. The van der Waals surface area contributed by atoms with Crippen LogP contribution in [-0.4, -0.2) is 68.9 Å². The van der Waals surface area contributed by atoms with Crippen molar-refractivity contribution in [2.45, 2.75) is 13.3 Å². The van der Waals surface area contributed by atoms with Crippen LogP contribution in [0.3, 0.4) is 0 Å². The number of rotatable bonds is 8. The highest BCUT2D eigenvalue weighted by molar-refractivity contribution is 6.35. The third-order valence-corrected chi connectivity index (χ3v) is 3.82. The SMILES string of the molecule is CCOc1ccc(C=NNC(=O)C(=O)NCCCN2CCOCC2)cc1. The van der Waals surface area contributed by atoms with Gasteiger partial charge < -0.3 is 14.8 Å². The van der Waals surface area contributed by atoms with E-state index in [1.165, 1.54) is 6.21 Å².